The zero-order valence-corrected chi connectivity index (χ0v) is 19.1. The number of rotatable bonds is 6. The van der Waals surface area contributed by atoms with E-state index in [2.05, 4.69) is 27.9 Å². The molecule has 0 aromatic heterocycles. The topological polar surface area (TPSA) is 38.3 Å². The maximum atomic E-state index is 15.1. The van der Waals surface area contributed by atoms with Crippen molar-refractivity contribution in [2.24, 2.45) is 0 Å². The summed E-state index contributed by atoms with van der Waals surface area (Å²) in [6, 6.07) is 25.9. The molecular formula is C22H18FI2NO2. The normalized spacial score (nSPS) is 14.0. The van der Waals surface area contributed by atoms with Crippen LogP contribution in [0.25, 0.3) is 0 Å². The Kier molecular flexibility index (Phi) is 7.28. The average Bonchev–Trinajstić information content (AvgIpc) is 2.72. The quantitative estimate of drug-likeness (QED) is 0.271. The first-order valence-corrected chi connectivity index (χ1v) is 10.9. The third-order valence-electron chi connectivity index (χ3n) is 4.37. The van der Waals surface area contributed by atoms with E-state index in [9.17, 15) is 4.79 Å². The van der Waals surface area contributed by atoms with Gasteiger partial charge in [0.1, 0.15) is 12.1 Å². The number of hydrogen-bond acceptors (Lipinski definition) is 2. The third kappa shape index (κ3) is 4.83. The zero-order valence-electron chi connectivity index (χ0n) is 14.8. The van der Waals surface area contributed by atoms with Crippen LogP contribution in [0.5, 0.6) is 0 Å². The fourth-order valence-electron chi connectivity index (χ4n) is 2.95. The Labute approximate surface area is 191 Å². The van der Waals surface area contributed by atoms with Crippen molar-refractivity contribution in [1.82, 2.24) is 5.32 Å². The molecule has 3 nitrogen and oxygen atoms in total. The second-order valence-corrected chi connectivity index (χ2v) is 8.51. The van der Waals surface area contributed by atoms with Crippen molar-refractivity contribution in [3.63, 3.8) is 0 Å². The lowest BCUT2D eigenvalue weighted by atomic mass is 9.84. The Hall–Kier alpha value is -1.68. The average molecular weight is 601 g/mol. The van der Waals surface area contributed by atoms with Crippen LogP contribution in [0, 0.1) is 3.57 Å². The number of carbonyl (C=O) groups is 1. The van der Waals surface area contributed by atoms with Gasteiger partial charge in [-0.1, -0.05) is 72.8 Å². The summed E-state index contributed by atoms with van der Waals surface area (Å²) < 4.78 is 20.1. The third-order valence-corrected chi connectivity index (χ3v) is 6.02. The van der Waals surface area contributed by atoms with Gasteiger partial charge in [0.2, 0.25) is 0 Å². The molecule has 0 aliphatic heterocycles. The summed E-state index contributed by atoms with van der Waals surface area (Å²) in [5, 5.41) is 2.81. The molecule has 0 aliphatic carbocycles. The highest BCUT2D eigenvalue weighted by Crippen LogP contribution is 2.38. The van der Waals surface area contributed by atoms with E-state index in [4.69, 9.17) is 4.74 Å². The maximum absolute atomic E-state index is 15.1. The summed E-state index contributed by atoms with van der Waals surface area (Å²) in [4.78, 5) is 12.6. The van der Waals surface area contributed by atoms with Gasteiger partial charge in [0.05, 0.1) is 0 Å². The van der Waals surface area contributed by atoms with E-state index in [0.717, 1.165) is 9.13 Å². The Bertz CT molecular complexity index is 905. The molecule has 0 fully saturated rings. The molecule has 6 heteroatoms. The minimum atomic E-state index is -1.42. The van der Waals surface area contributed by atoms with Gasteiger partial charge in [0.15, 0.2) is 4.18 Å². The maximum Gasteiger partial charge on any atom is 0.408 e. The van der Waals surface area contributed by atoms with Crippen LogP contribution in [0.15, 0.2) is 84.9 Å². The van der Waals surface area contributed by atoms with Crippen molar-refractivity contribution in [2.75, 3.05) is 0 Å². The van der Waals surface area contributed by atoms with Crippen LogP contribution in [0.1, 0.15) is 16.7 Å². The van der Waals surface area contributed by atoms with Crippen LogP contribution in [-0.2, 0) is 16.9 Å². The first-order chi connectivity index (χ1) is 13.5. The molecule has 0 bridgehead atoms. The molecule has 2 unspecified atom stereocenters. The number of ether oxygens (including phenoxy) is 1. The van der Waals surface area contributed by atoms with Crippen molar-refractivity contribution < 1.29 is 13.9 Å². The van der Waals surface area contributed by atoms with Crippen LogP contribution < -0.4 is 5.32 Å². The zero-order chi connectivity index (χ0) is 20.0. The first kappa shape index (κ1) is 21.0. The number of benzene rings is 3. The fourth-order valence-corrected chi connectivity index (χ4v) is 4.19. The minimum absolute atomic E-state index is 0.114. The molecule has 3 rings (SSSR count). The second-order valence-electron chi connectivity index (χ2n) is 6.17. The highest BCUT2D eigenvalue weighted by Gasteiger charge is 2.43. The van der Waals surface area contributed by atoms with Crippen LogP contribution in [0.2, 0.25) is 0 Å². The number of alkyl halides is 2. The van der Waals surface area contributed by atoms with E-state index < -0.39 is 15.8 Å². The van der Waals surface area contributed by atoms with Gasteiger partial charge in [-0.3, -0.25) is 0 Å². The van der Waals surface area contributed by atoms with Crippen molar-refractivity contribution in [2.45, 2.75) is 16.3 Å². The van der Waals surface area contributed by atoms with Gasteiger partial charge in [-0.25, -0.2) is 9.18 Å². The van der Waals surface area contributed by atoms with Gasteiger partial charge in [0, 0.05) is 3.57 Å². The van der Waals surface area contributed by atoms with Crippen LogP contribution in [0.3, 0.4) is 0 Å². The molecule has 28 heavy (non-hydrogen) atoms. The van der Waals surface area contributed by atoms with E-state index in [0.29, 0.717) is 11.1 Å². The molecule has 0 saturated heterocycles. The number of halogens is 3. The van der Waals surface area contributed by atoms with Gasteiger partial charge in [-0.05, 0) is 74.0 Å². The van der Waals surface area contributed by atoms with E-state index in [1.807, 2.05) is 72.8 Å². The molecule has 0 radical (unpaired) electrons. The molecule has 2 atom stereocenters. The molecule has 0 spiro atoms. The lowest BCUT2D eigenvalue weighted by molar-refractivity contribution is 0.124. The van der Waals surface area contributed by atoms with Gasteiger partial charge < -0.3 is 10.1 Å². The first-order valence-electron chi connectivity index (χ1n) is 8.61. The van der Waals surface area contributed by atoms with E-state index in [-0.39, 0.29) is 6.61 Å². The lowest BCUT2D eigenvalue weighted by Crippen LogP contribution is -2.51. The minimum Gasteiger partial charge on any atom is -0.445 e. The number of nitrogens with one attached hydrogen (secondary N) is 1. The van der Waals surface area contributed by atoms with Crippen molar-refractivity contribution >= 4 is 51.3 Å². The molecule has 1 N–H and O–H groups in total. The van der Waals surface area contributed by atoms with Gasteiger partial charge >= 0.3 is 6.09 Å². The summed E-state index contributed by atoms with van der Waals surface area (Å²) in [6.45, 7) is 0.114. The molecule has 0 saturated carbocycles. The molecule has 1 amide bonds. The number of alkyl carbamates (subject to hydrolysis) is 1. The molecule has 3 aromatic carbocycles. The molecule has 3 aromatic rings. The SMILES string of the molecule is O=C(NC(c1ccccc1)(c1ccc(I)cc1)C(F)I)OCc1ccccc1. The largest absolute Gasteiger partial charge is 0.445 e. The highest BCUT2D eigenvalue weighted by atomic mass is 127. The lowest BCUT2D eigenvalue weighted by Gasteiger charge is -2.36. The Morgan fingerprint density at radius 3 is 2.04 bits per heavy atom. The van der Waals surface area contributed by atoms with E-state index in [1.54, 1.807) is 34.7 Å². The van der Waals surface area contributed by atoms with Gasteiger partial charge in [-0.2, -0.15) is 0 Å². The number of hydrogen-bond donors (Lipinski definition) is 1. The van der Waals surface area contributed by atoms with Crippen LogP contribution in [-0.4, -0.2) is 10.3 Å². The summed E-state index contributed by atoms with van der Waals surface area (Å²) in [5.41, 5.74) is 0.802. The number of amides is 1. The van der Waals surface area contributed by atoms with Crippen LogP contribution in [0.4, 0.5) is 9.18 Å². The number of carbonyl (C=O) groups excluding carboxylic acids is 1. The summed E-state index contributed by atoms with van der Waals surface area (Å²) in [7, 11) is 0. The van der Waals surface area contributed by atoms with E-state index in [1.165, 1.54) is 0 Å². The Balaban J connectivity index is 1.93. The van der Waals surface area contributed by atoms with Crippen molar-refractivity contribution in [3.8, 4) is 0 Å². The van der Waals surface area contributed by atoms with E-state index >= 15 is 4.39 Å². The van der Waals surface area contributed by atoms with Gasteiger partial charge in [0.25, 0.3) is 0 Å². The van der Waals surface area contributed by atoms with Crippen molar-refractivity contribution in [1.29, 1.82) is 0 Å². The molecule has 0 heterocycles. The second kappa shape index (κ2) is 9.69. The van der Waals surface area contributed by atoms with Gasteiger partial charge in [-0.15, -0.1) is 0 Å². The molecular weight excluding hydrogens is 583 g/mol. The predicted octanol–water partition coefficient (Wildman–Crippen LogP) is 6.19. The smallest absolute Gasteiger partial charge is 0.408 e. The predicted molar refractivity (Wildman–Crippen MR) is 125 cm³/mol. The summed E-state index contributed by atoms with van der Waals surface area (Å²) in [5.74, 6) is 0. The highest BCUT2D eigenvalue weighted by molar-refractivity contribution is 14.1. The summed E-state index contributed by atoms with van der Waals surface area (Å²) >= 11 is 3.90. The molecule has 0 aliphatic rings. The molecule has 144 valence electrons. The monoisotopic (exact) mass is 601 g/mol. The Morgan fingerprint density at radius 2 is 1.46 bits per heavy atom. The Morgan fingerprint density at radius 1 is 0.929 bits per heavy atom. The standard InChI is InChI=1S/C22H18FI2NO2/c23-20(25)22(17-9-5-2-6-10-17,18-11-13-19(24)14-12-18)26-21(27)28-15-16-7-3-1-4-8-16/h1-14,20H,15H2,(H,26,27). The summed E-state index contributed by atoms with van der Waals surface area (Å²) in [6.07, 6.45) is -0.675. The fraction of sp³-hybridized carbons (Fsp3) is 0.136. The van der Waals surface area contributed by atoms with Crippen molar-refractivity contribution in [3.05, 3.63) is 105 Å². The van der Waals surface area contributed by atoms with Crippen LogP contribution >= 0.6 is 45.2 Å².